The van der Waals surface area contributed by atoms with Crippen LogP contribution in [0.3, 0.4) is 0 Å². The number of anilines is 2. The minimum Gasteiger partial charge on any atom is -0.404 e. The standard InChI is InChI=1S/C32H43F2N5/c1-22(23(2)38-28-10-7-24(8-11-28)17-31(33)34)29-18-25(9-12-30(29)36-6)26(19-35)20-37-27-13-15-39(16-14-27)21-32(3,4)5/h7-12,18-20,27,31,36,38H,1-2,13-17,21,35H2,3-6H3/b26-19+,37-20?. The van der Waals surface area contributed by atoms with Crippen molar-refractivity contribution in [2.45, 2.75) is 52.5 Å². The molecule has 3 rings (SSSR count). The monoisotopic (exact) mass is 535 g/mol. The van der Waals surface area contributed by atoms with Crippen molar-refractivity contribution in [2.24, 2.45) is 16.1 Å². The Bertz CT molecular complexity index is 1180. The highest BCUT2D eigenvalue weighted by atomic mass is 19.3. The molecule has 0 spiro atoms. The molecule has 39 heavy (non-hydrogen) atoms. The molecular weight excluding hydrogens is 492 g/mol. The number of nitrogens with zero attached hydrogens (tertiary/aromatic N) is 2. The summed E-state index contributed by atoms with van der Waals surface area (Å²) in [7, 11) is 1.86. The van der Waals surface area contributed by atoms with E-state index in [4.69, 9.17) is 10.7 Å². The van der Waals surface area contributed by atoms with Crippen LogP contribution in [0.1, 0.15) is 50.3 Å². The fourth-order valence-corrected chi connectivity index (χ4v) is 4.80. The van der Waals surface area contributed by atoms with Crippen molar-refractivity contribution in [3.05, 3.63) is 84.2 Å². The molecule has 0 aliphatic carbocycles. The Balaban J connectivity index is 1.69. The third kappa shape index (κ3) is 9.06. The number of hydrogen-bond donors (Lipinski definition) is 3. The van der Waals surface area contributed by atoms with E-state index >= 15 is 0 Å². The molecule has 0 aromatic heterocycles. The number of benzene rings is 2. The Morgan fingerprint density at radius 3 is 2.36 bits per heavy atom. The summed E-state index contributed by atoms with van der Waals surface area (Å²) in [6, 6.07) is 13.2. The molecule has 0 bridgehead atoms. The van der Waals surface area contributed by atoms with E-state index < -0.39 is 6.43 Å². The number of nitrogens with one attached hydrogen (secondary N) is 2. The van der Waals surface area contributed by atoms with E-state index in [1.807, 2.05) is 31.5 Å². The molecular formula is C32H43F2N5. The van der Waals surface area contributed by atoms with E-state index in [2.05, 4.69) is 49.5 Å². The first-order chi connectivity index (χ1) is 18.5. The molecule has 0 atom stereocenters. The van der Waals surface area contributed by atoms with Gasteiger partial charge in [0.1, 0.15) is 0 Å². The molecule has 2 aromatic rings. The van der Waals surface area contributed by atoms with Gasteiger partial charge in [0.2, 0.25) is 6.43 Å². The van der Waals surface area contributed by atoms with Crippen LogP contribution in [0.5, 0.6) is 0 Å². The second-order valence-electron chi connectivity index (χ2n) is 11.4. The van der Waals surface area contributed by atoms with Crippen LogP contribution in [0.4, 0.5) is 20.2 Å². The molecule has 1 fully saturated rings. The van der Waals surface area contributed by atoms with Crippen molar-refractivity contribution >= 4 is 28.7 Å². The maximum atomic E-state index is 12.6. The molecule has 7 heteroatoms. The molecule has 1 saturated heterocycles. The molecule has 1 heterocycles. The number of alkyl halides is 2. The number of rotatable bonds is 11. The van der Waals surface area contributed by atoms with Gasteiger partial charge in [-0.25, -0.2) is 8.78 Å². The predicted molar refractivity (Wildman–Crippen MR) is 164 cm³/mol. The molecule has 5 nitrogen and oxygen atoms in total. The Labute approximate surface area is 232 Å². The lowest BCUT2D eigenvalue weighted by atomic mass is 9.94. The average molecular weight is 536 g/mol. The first kappa shape index (κ1) is 30.1. The van der Waals surface area contributed by atoms with Crippen LogP contribution in [0.15, 0.2) is 72.5 Å². The average Bonchev–Trinajstić information content (AvgIpc) is 2.89. The van der Waals surface area contributed by atoms with E-state index in [0.29, 0.717) is 28.3 Å². The van der Waals surface area contributed by atoms with Crippen molar-refractivity contribution in [3.63, 3.8) is 0 Å². The van der Waals surface area contributed by atoms with E-state index in [1.54, 1.807) is 30.5 Å². The molecule has 4 N–H and O–H groups in total. The second-order valence-corrected chi connectivity index (χ2v) is 11.4. The van der Waals surface area contributed by atoms with Crippen molar-refractivity contribution in [1.29, 1.82) is 0 Å². The minimum atomic E-state index is -2.37. The van der Waals surface area contributed by atoms with Crippen molar-refractivity contribution in [3.8, 4) is 0 Å². The lowest BCUT2D eigenvalue weighted by Gasteiger charge is -2.34. The Morgan fingerprint density at radius 2 is 1.79 bits per heavy atom. The normalized spacial score (nSPS) is 15.6. The van der Waals surface area contributed by atoms with Crippen molar-refractivity contribution in [1.82, 2.24) is 4.90 Å². The Hall–Kier alpha value is -3.45. The van der Waals surface area contributed by atoms with Gasteiger partial charge >= 0.3 is 0 Å². The second kappa shape index (κ2) is 13.6. The highest BCUT2D eigenvalue weighted by molar-refractivity contribution is 6.10. The van der Waals surface area contributed by atoms with Crippen LogP contribution in [0, 0.1) is 5.41 Å². The highest BCUT2D eigenvalue weighted by Crippen LogP contribution is 2.31. The van der Waals surface area contributed by atoms with Crippen molar-refractivity contribution in [2.75, 3.05) is 37.3 Å². The van der Waals surface area contributed by atoms with Crippen LogP contribution in [0.2, 0.25) is 0 Å². The number of piperidine rings is 1. The third-order valence-corrected chi connectivity index (χ3v) is 6.81. The van der Waals surface area contributed by atoms with Gasteiger partial charge < -0.3 is 21.3 Å². The Kier molecular flexibility index (Phi) is 10.5. The smallest absolute Gasteiger partial charge is 0.242 e. The highest BCUT2D eigenvalue weighted by Gasteiger charge is 2.22. The van der Waals surface area contributed by atoms with Crippen LogP contribution >= 0.6 is 0 Å². The first-order valence-corrected chi connectivity index (χ1v) is 13.5. The molecule has 0 amide bonds. The van der Waals surface area contributed by atoms with Gasteiger partial charge in [-0.3, -0.25) is 4.99 Å². The summed E-state index contributed by atoms with van der Waals surface area (Å²) < 4.78 is 25.3. The number of halogens is 2. The Morgan fingerprint density at radius 1 is 1.13 bits per heavy atom. The SMILES string of the molecule is C=C(Nc1ccc(CC(F)F)cc1)C(=C)c1cc(/C(C=NC2CCN(CC(C)(C)C)CC2)=C/N)ccc1NC. The molecule has 0 unspecified atom stereocenters. The molecule has 0 saturated carbocycles. The van der Waals surface area contributed by atoms with Crippen LogP contribution in [-0.4, -0.2) is 50.3 Å². The summed E-state index contributed by atoms with van der Waals surface area (Å²) in [5.41, 5.74) is 12.6. The van der Waals surface area contributed by atoms with Crippen LogP contribution in [-0.2, 0) is 6.42 Å². The fourth-order valence-electron chi connectivity index (χ4n) is 4.80. The number of aliphatic imine (C=N–C) groups is 1. The predicted octanol–water partition coefficient (Wildman–Crippen LogP) is 7.06. The zero-order chi connectivity index (χ0) is 28.6. The summed E-state index contributed by atoms with van der Waals surface area (Å²) >= 11 is 0. The van der Waals surface area contributed by atoms with Gasteiger partial charge in [0.05, 0.1) is 6.04 Å². The first-order valence-electron chi connectivity index (χ1n) is 13.5. The number of nitrogens with two attached hydrogens (primary N) is 1. The van der Waals surface area contributed by atoms with Gasteiger partial charge in [0.15, 0.2) is 0 Å². The third-order valence-electron chi connectivity index (χ3n) is 6.81. The summed E-state index contributed by atoms with van der Waals surface area (Å²) in [6.45, 7) is 18.5. The quantitative estimate of drug-likeness (QED) is 0.213. The minimum absolute atomic E-state index is 0.261. The van der Waals surface area contributed by atoms with Gasteiger partial charge in [-0.1, -0.05) is 52.1 Å². The van der Waals surface area contributed by atoms with Crippen LogP contribution in [0.25, 0.3) is 11.1 Å². The molecule has 2 aromatic carbocycles. The van der Waals surface area contributed by atoms with E-state index in [-0.39, 0.29) is 6.42 Å². The lowest BCUT2D eigenvalue weighted by molar-refractivity contribution is 0.149. The van der Waals surface area contributed by atoms with Gasteiger partial charge in [-0.05, 0) is 59.2 Å². The van der Waals surface area contributed by atoms with Gasteiger partial charge in [-0.2, -0.15) is 0 Å². The molecule has 1 aliphatic rings. The zero-order valence-corrected chi connectivity index (χ0v) is 23.7. The topological polar surface area (TPSA) is 65.7 Å². The van der Waals surface area contributed by atoms with Gasteiger partial charge in [0.25, 0.3) is 0 Å². The summed E-state index contributed by atoms with van der Waals surface area (Å²) in [5, 5.41) is 6.46. The number of hydrogen-bond acceptors (Lipinski definition) is 5. The largest absolute Gasteiger partial charge is 0.404 e. The number of likely N-dealkylation sites (tertiary alicyclic amines) is 1. The van der Waals surface area contributed by atoms with Gasteiger partial charge in [0, 0.05) is 73.7 Å². The van der Waals surface area contributed by atoms with Gasteiger partial charge in [-0.15, -0.1) is 0 Å². The molecule has 1 aliphatic heterocycles. The summed E-state index contributed by atoms with van der Waals surface area (Å²) in [4.78, 5) is 7.41. The summed E-state index contributed by atoms with van der Waals surface area (Å²) in [6.07, 6.45) is 2.93. The van der Waals surface area contributed by atoms with E-state index in [9.17, 15) is 8.78 Å². The molecule has 0 radical (unpaired) electrons. The van der Waals surface area contributed by atoms with E-state index in [1.165, 1.54) is 0 Å². The van der Waals surface area contributed by atoms with Crippen molar-refractivity contribution < 1.29 is 8.78 Å². The fraction of sp³-hybridized carbons (Fsp3) is 0.406. The lowest BCUT2D eigenvalue weighted by Crippen LogP contribution is -2.40. The van der Waals surface area contributed by atoms with Crippen LogP contribution < -0.4 is 16.4 Å². The number of allylic oxidation sites excluding steroid dienone is 2. The maximum absolute atomic E-state index is 12.6. The molecule has 210 valence electrons. The maximum Gasteiger partial charge on any atom is 0.242 e. The summed E-state index contributed by atoms with van der Waals surface area (Å²) in [5.74, 6) is 0. The van der Waals surface area contributed by atoms with E-state index in [0.717, 1.165) is 60.6 Å². The zero-order valence-electron chi connectivity index (χ0n) is 23.7.